The summed E-state index contributed by atoms with van der Waals surface area (Å²) in [5.41, 5.74) is 5.66. The number of aryl methyl sites for hydroxylation is 1. The van der Waals surface area contributed by atoms with Crippen molar-refractivity contribution in [1.29, 1.82) is 0 Å². The highest BCUT2D eigenvalue weighted by Gasteiger charge is 2.13. The van der Waals surface area contributed by atoms with Crippen LogP contribution in [0, 0.1) is 13.8 Å². The SMILES string of the molecule is CCc1c(C)nn(-c2ccc(CBr)cc2Cl)c1C. The Balaban J connectivity index is 2.55. The molecule has 0 radical (unpaired) electrons. The molecule has 18 heavy (non-hydrogen) atoms. The van der Waals surface area contributed by atoms with Crippen LogP contribution >= 0.6 is 27.5 Å². The van der Waals surface area contributed by atoms with Gasteiger partial charge in [-0.1, -0.05) is 40.5 Å². The minimum atomic E-state index is 0.736. The van der Waals surface area contributed by atoms with Crippen LogP contribution in [0.2, 0.25) is 5.02 Å². The van der Waals surface area contributed by atoms with Crippen molar-refractivity contribution >= 4 is 27.5 Å². The Hall–Kier alpha value is -0.800. The van der Waals surface area contributed by atoms with E-state index in [-0.39, 0.29) is 0 Å². The number of benzene rings is 1. The van der Waals surface area contributed by atoms with Gasteiger partial charge < -0.3 is 0 Å². The molecule has 0 aliphatic carbocycles. The fourth-order valence-corrected chi connectivity index (χ4v) is 2.86. The summed E-state index contributed by atoms with van der Waals surface area (Å²) in [6, 6.07) is 6.07. The molecule has 0 spiro atoms. The van der Waals surface area contributed by atoms with E-state index in [2.05, 4.69) is 40.9 Å². The summed E-state index contributed by atoms with van der Waals surface area (Å²) < 4.78 is 1.94. The number of aromatic nitrogens is 2. The lowest BCUT2D eigenvalue weighted by molar-refractivity contribution is 0.832. The van der Waals surface area contributed by atoms with Crippen molar-refractivity contribution in [2.75, 3.05) is 0 Å². The molecule has 0 amide bonds. The van der Waals surface area contributed by atoms with Gasteiger partial charge in [-0.15, -0.1) is 0 Å². The molecule has 1 aromatic carbocycles. The average Bonchev–Trinajstić information content (AvgIpc) is 2.64. The van der Waals surface area contributed by atoms with Crippen molar-refractivity contribution in [3.63, 3.8) is 0 Å². The van der Waals surface area contributed by atoms with Gasteiger partial charge in [0.15, 0.2) is 0 Å². The maximum absolute atomic E-state index is 6.34. The lowest BCUT2D eigenvalue weighted by atomic mass is 10.1. The van der Waals surface area contributed by atoms with E-state index in [4.69, 9.17) is 11.6 Å². The largest absolute Gasteiger partial charge is 0.236 e. The molecule has 2 nitrogen and oxygen atoms in total. The van der Waals surface area contributed by atoms with E-state index in [9.17, 15) is 0 Å². The molecule has 0 saturated heterocycles. The normalized spacial score (nSPS) is 10.9. The van der Waals surface area contributed by atoms with Crippen molar-refractivity contribution in [2.24, 2.45) is 0 Å². The number of hydrogen-bond donors (Lipinski definition) is 0. The van der Waals surface area contributed by atoms with Crippen LogP contribution in [0.5, 0.6) is 0 Å². The van der Waals surface area contributed by atoms with Gasteiger partial charge >= 0.3 is 0 Å². The van der Waals surface area contributed by atoms with Crippen LogP contribution < -0.4 is 0 Å². The van der Waals surface area contributed by atoms with Crippen molar-refractivity contribution < 1.29 is 0 Å². The van der Waals surface area contributed by atoms with Crippen LogP contribution in [0.15, 0.2) is 18.2 Å². The molecule has 0 saturated carbocycles. The minimum Gasteiger partial charge on any atom is -0.236 e. The molecule has 0 bridgehead atoms. The third-order valence-corrected chi connectivity index (χ3v) is 4.14. The summed E-state index contributed by atoms with van der Waals surface area (Å²) in [4.78, 5) is 0. The number of hydrogen-bond acceptors (Lipinski definition) is 1. The van der Waals surface area contributed by atoms with E-state index in [1.807, 2.05) is 23.7 Å². The second-order valence-electron chi connectivity index (χ2n) is 4.33. The number of rotatable bonds is 3. The maximum atomic E-state index is 6.34. The van der Waals surface area contributed by atoms with Gasteiger partial charge in [-0.3, -0.25) is 0 Å². The van der Waals surface area contributed by atoms with E-state index < -0.39 is 0 Å². The number of nitrogens with zero attached hydrogens (tertiary/aromatic N) is 2. The lowest BCUT2D eigenvalue weighted by Gasteiger charge is -2.08. The van der Waals surface area contributed by atoms with E-state index in [0.717, 1.165) is 28.2 Å². The van der Waals surface area contributed by atoms with E-state index >= 15 is 0 Å². The Morgan fingerprint density at radius 3 is 2.56 bits per heavy atom. The van der Waals surface area contributed by atoms with Crippen LogP contribution in [0.3, 0.4) is 0 Å². The van der Waals surface area contributed by atoms with Gasteiger partial charge in [-0.05, 0) is 43.5 Å². The topological polar surface area (TPSA) is 17.8 Å². The Kier molecular flexibility index (Phi) is 4.13. The molecule has 1 aromatic heterocycles. The van der Waals surface area contributed by atoms with Gasteiger partial charge in [-0.2, -0.15) is 5.10 Å². The zero-order valence-electron chi connectivity index (χ0n) is 10.8. The molecule has 2 rings (SSSR count). The highest BCUT2D eigenvalue weighted by atomic mass is 79.9. The first-order valence-electron chi connectivity index (χ1n) is 5.98. The summed E-state index contributed by atoms with van der Waals surface area (Å²) in [5, 5.41) is 6.13. The third-order valence-electron chi connectivity index (χ3n) is 3.19. The van der Waals surface area contributed by atoms with E-state index in [1.54, 1.807) is 0 Å². The zero-order chi connectivity index (χ0) is 13.3. The highest BCUT2D eigenvalue weighted by molar-refractivity contribution is 9.08. The molecule has 0 aliphatic rings. The predicted octanol–water partition coefficient (Wildman–Crippen LogP) is 4.60. The lowest BCUT2D eigenvalue weighted by Crippen LogP contribution is -2.00. The van der Waals surface area contributed by atoms with Gasteiger partial charge in [0.25, 0.3) is 0 Å². The molecule has 0 unspecified atom stereocenters. The quantitative estimate of drug-likeness (QED) is 0.753. The van der Waals surface area contributed by atoms with Gasteiger partial charge in [-0.25, -0.2) is 4.68 Å². The van der Waals surface area contributed by atoms with Crippen molar-refractivity contribution in [1.82, 2.24) is 9.78 Å². The van der Waals surface area contributed by atoms with Crippen LogP contribution in [-0.2, 0) is 11.8 Å². The van der Waals surface area contributed by atoms with Gasteiger partial charge in [0, 0.05) is 11.0 Å². The summed E-state index contributed by atoms with van der Waals surface area (Å²) in [6.45, 7) is 6.29. The average molecular weight is 328 g/mol. The molecular formula is C14H16BrClN2. The van der Waals surface area contributed by atoms with Gasteiger partial charge in [0.05, 0.1) is 16.4 Å². The second kappa shape index (κ2) is 5.45. The first-order chi connectivity index (χ1) is 8.58. The summed E-state index contributed by atoms with van der Waals surface area (Å²) >= 11 is 9.77. The van der Waals surface area contributed by atoms with Crippen molar-refractivity contribution in [3.8, 4) is 5.69 Å². The van der Waals surface area contributed by atoms with E-state index in [1.165, 1.54) is 16.8 Å². The molecule has 0 atom stereocenters. The summed E-state index contributed by atoms with van der Waals surface area (Å²) in [6.07, 6.45) is 0.995. The Bertz CT molecular complexity index is 575. The van der Waals surface area contributed by atoms with E-state index in [0.29, 0.717) is 0 Å². The van der Waals surface area contributed by atoms with Gasteiger partial charge in [0.2, 0.25) is 0 Å². The molecule has 4 heteroatoms. The third kappa shape index (κ3) is 2.34. The Labute approximate surface area is 121 Å². The van der Waals surface area contributed by atoms with Crippen LogP contribution in [0.1, 0.15) is 29.4 Å². The smallest absolute Gasteiger partial charge is 0.0835 e. The van der Waals surface area contributed by atoms with Crippen LogP contribution in [0.25, 0.3) is 5.69 Å². The van der Waals surface area contributed by atoms with Crippen molar-refractivity contribution in [2.45, 2.75) is 32.5 Å². The Morgan fingerprint density at radius 1 is 1.33 bits per heavy atom. The maximum Gasteiger partial charge on any atom is 0.0835 e. The van der Waals surface area contributed by atoms with Crippen molar-refractivity contribution in [3.05, 3.63) is 45.7 Å². The number of halogens is 2. The fraction of sp³-hybridized carbons (Fsp3) is 0.357. The molecule has 1 heterocycles. The Morgan fingerprint density at radius 2 is 2.06 bits per heavy atom. The molecular weight excluding hydrogens is 312 g/mol. The molecule has 96 valence electrons. The standard InChI is InChI=1S/C14H16BrClN2/c1-4-12-9(2)17-18(10(12)3)14-6-5-11(8-15)7-13(14)16/h5-7H,4,8H2,1-3H3. The summed E-state index contributed by atoms with van der Waals surface area (Å²) in [5.74, 6) is 0. The molecule has 0 fully saturated rings. The monoisotopic (exact) mass is 326 g/mol. The second-order valence-corrected chi connectivity index (χ2v) is 5.30. The van der Waals surface area contributed by atoms with Gasteiger partial charge in [0.1, 0.15) is 0 Å². The predicted molar refractivity (Wildman–Crippen MR) is 80.1 cm³/mol. The summed E-state index contributed by atoms with van der Waals surface area (Å²) in [7, 11) is 0. The first-order valence-corrected chi connectivity index (χ1v) is 7.48. The first kappa shape index (κ1) is 13.6. The number of alkyl halides is 1. The van der Waals surface area contributed by atoms with Crippen LogP contribution in [0.4, 0.5) is 0 Å². The molecule has 0 N–H and O–H groups in total. The minimum absolute atomic E-state index is 0.736. The highest BCUT2D eigenvalue weighted by Crippen LogP contribution is 2.26. The fourth-order valence-electron chi connectivity index (χ4n) is 2.23. The van der Waals surface area contributed by atoms with Crippen LogP contribution in [-0.4, -0.2) is 9.78 Å². The zero-order valence-corrected chi connectivity index (χ0v) is 13.1. The molecule has 2 aromatic rings. The molecule has 0 aliphatic heterocycles.